The van der Waals surface area contributed by atoms with Crippen LogP contribution in [0.1, 0.15) is 19.0 Å². The van der Waals surface area contributed by atoms with Crippen molar-refractivity contribution in [1.82, 2.24) is 9.59 Å². The van der Waals surface area contributed by atoms with Gasteiger partial charge in [-0.05, 0) is 42.2 Å². The van der Waals surface area contributed by atoms with Gasteiger partial charge in [-0.1, -0.05) is 11.4 Å². The smallest absolute Gasteiger partial charge is 0.119 e. The van der Waals surface area contributed by atoms with E-state index in [-0.39, 0.29) is 0 Å². The lowest BCUT2D eigenvalue weighted by molar-refractivity contribution is 0.317. The Morgan fingerprint density at radius 2 is 2.12 bits per heavy atom. The van der Waals surface area contributed by atoms with Gasteiger partial charge in [0, 0.05) is 11.1 Å². The number of hydrogen-bond acceptors (Lipinski definition) is 5. The van der Waals surface area contributed by atoms with E-state index in [1.54, 1.807) is 0 Å². The third kappa shape index (κ3) is 3.71. The van der Waals surface area contributed by atoms with Crippen molar-refractivity contribution in [2.24, 2.45) is 0 Å². The number of hydrogen-bond donors (Lipinski definition) is 1. The van der Waals surface area contributed by atoms with E-state index in [0.717, 1.165) is 30.2 Å². The summed E-state index contributed by atoms with van der Waals surface area (Å²) < 4.78 is 9.33. The van der Waals surface area contributed by atoms with E-state index in [9.17, 15) is 0 Å². The van der Waals surface area contributed by atoms with Crippen molar-refractivity contribution in [3.63, 3.8) is 0 Å². The summed E-state index contributed by atoms with van der Waals surface area (Å²) in [5, 5.41) is 9.19. The molecule has 0 aliphatic rings. The fourth-order valence-corrected chi connectivity index (χ4v) is 1.79. The molecule has 1 aromatic heterocycles. The Hall–Kier alpha value is -1.62. The van der Waals surface area contributed by atoms with Gasteiger partial charge in [-0.3, -0.25) is 0 Å². The van der Waals surface area contributed by atoms with Crippen molar-refractivity contribution in [3.05, 3.63) is 35.3 Å². The number of anilines is 1. The minimum Gasteiger partial charge on any atom is -0.494 e. The lowest BCUT2D eigenvalue weighted by atomic mass is 10.3. The molecule has 5 heteroatoms. The summed E-state index contributed by atoms with van der Waals surface area (Å²) in [6, 6.07) is 7.95. The topological polar surface area (TPSA) is 47.0 Å². The molecule has 1 aromatic carbocycles. The maximum atomic E-state index is 5.51. The van der Waals surface area contributed by atoms with E-state index in [2.05, 4.69) is 21.8 Å². The molecule has 1 heterocycles. The molecular weight excluding hydrogens is 234 g/mol. The van der Waals surface area contributed by atoms with Gasteiger partial charge in [0.15, 0.2) is 0 Å². The van der Waals surface area contributed by atoms with Crippen LogP contribution in [-0.4, -0.2) is 16.2 Å². The Balaban J connectivity index is 1.85. The molecule has 0 spiro atoms. The summed E-state index contributed by atoms with van der Waals surface area (Å²) in [6.07, 6.45) is 1.02. The van der Waals surface area contributed by atoms with Crippen molar-refractivity contribution in [2.45, 2.75) is 19.9 Å². The van der Waals surface area contributed by atoms with Gasteiger partial charge in [0.1, 0.15) is 5.75 Å². The second-order valence-corrected chi connectivity index (χ2v) is 4.23. The third-order valence-electron chi connectivity index (χ3n) is 2.21. The van der Waals surface area contributed by atoms with Crippen molar-refractivity contribution in [1.29, 1.82) is 0 Å². The first-order chi connectivity index (χ1) is 8.38. The van der Waals surface area contributed by atoms with Crippen molar-refractivity contribution >= 4 is 17.2 Å². The third-order valence-corrected chi connectivity index (χ3v) is 2.76. The zero-order chi connectivity index (χ0) is 11.9. The molecule has 0 aliphatic heterocycles. The molecule has 0 saturated carbocycles. The Morgan fingerprint density at radius 3 is 2.76 bits per heavy atom. The summed E-state index contributed by atoms with van der Waals surface area (Å²) in [7, 11) is 0. The van der Waals surface area contributed by atoms with Crippen LogP contribution < -0.4 is 10.1 Å². The average Bonchev–Trinajstić information content (AvgIpc) is 2.88. The molecule has 4 nitrogen and oxygen atoms in total. The number of nitrogens with one attached hydrogen (secondary N) is 1. The molecule has 0 radical (unpaired) electrons. The maximum Gasteiger partial charge on any atom is 0.119 e. The lowest BCUT2D eigenvalue weighted by Gasteiger charge is -2.07. The number of benzene rings is 1. The van der Waals surface area contributed by atoms with E-state index in [1.165, 1.54) is 11.5 Å². The van der Waals surface area contributed by atoms with Crippen LogP contribution in [0.5, 0.6) is 5.75 Å². The summed E-state index contributed by atoms with van der Waals surface area (Å²) in [5.41, 5.74) is 2.02. The Morgan fingerprint density at radius 1 is 1.29 bits per heavy atom. The SMILES string of the molecule is CCCOc1ccc(NCc2csnn2)cc1. The fourth-order valence-electron chi connectivity index (χ4n) is 1.34. The summed E-state index contributed by atoms with van der Waals surface area (Å²) in [4.78, 5) is 0. The molecule has 0 fully saturated rings. The van der Waals surface area contributed by atoms with Gasteiger partial charge in [0.25, 0.3) is 0 Å². The molecule has 17 heavy (non-hydrogen) atoms. The summed E-state index contributed by atoms with van der Waals surface area (Å²) in [6.45, 7) is 3.56. The molecule has 0 saturated heterocycles. The number of aromatic nitrogens is 2. The minimum absolute atomic E-state index is 0.700. The first kappa shape index (κ1) is 11.9. The van der Waals surface area contributed by atoms with Crippen molar-refractivity contribution in [2.75, 3.05) is 11.9 Å². The van der Waals surface area contributed by atoms with E-state index in [4.69, 9.17) is 4.74 Å². The molecule has 0 atom stereocenters. The second kappa shape index (κ2) is 6.20. The quantitative estimate of drug-likeness (QED) is 0.855. The van der Waals surface area contributed by atoms with Crippen LogP contribution in [0.25, 0.3) is 0 Å². The molecule has 0 unspecified atom stereocenters. The molecule has 90 valence electrons. The monoisotopic (exact) mass is 249 g/mol. The second-order valence-electron chi connectivity index (χ2n) is 3.62. The molecule has 0 amide bonds. The molecule has 2 aromatic rings. The van der Waals surface area contributed by atoms with Gasteiger partial charge in [0.05, 0.1) is 18.8 Å². The van der Waals surface area contributed by atoms with Crippen LogP contribution in [0, 0.1) is 0 Å². The standard InChI is InChI=1S/C12H15N3OS/c1-2-7-16-12-5-3-10(4-6-12)13-8-11-9-17-15-14-11/h3-6,9,13H,2,7-8H2,1H3. The lowest BCUT2D eigenvalue weighted by Crippen LogP contribution is -2.00. The highest BCUT2D eigenvalue weighted by atomic mass is 32.1. The van der Waals surface area contributed by atoms with Crippen LogP contribution >= 0.6 is 11.5 Å². The van der Waals surface area contributed by atoms with Gasteiger partial charge in [-0.15, -0.1) is 5.10 Å². The first-order valence-electron chi connectivity index (χ1n) is 5.61. The molecular formula is C12H15N3OS. The van der Waals surface area contributed by atoms with Crippen molar-refractivity contribution in [3.8, 4) is 5.75 Å². The molecule has 0 aliphatic carbocycles. The van der Waals surface area contributed by atoms with Crippen LogP contribution in [0.15, 0.2) is 29.6 Å². The van der Waals surface area contributed by atoms with E-state index in [1.807, 2.05) is 29.6 Å². The van der Waals surface area contributed by atoms with Gasteiger partial charge < -0.3 is 10.1 Å². The van der Waals surface area contributed by atoms with E-state index >= 15 is 0 Å². The Kier molecular flexibility index (Phi) is 4.32. The molecule has 1 N–H and O–H groups in total. The van der Waals surface area contributed by atoms with Gasteiger partial charge in [0.2, 0.25) is 0 Å². The largest absolute Gasteiger partial charge is 0.494 e. The average molecular weight is 249 g/mol. The zero-order valence-electron chi connectivity index (χ0n) is 9.72. The highest BCUT2D eigenvalue weighted by molar-refractivity contribution is 7.03. The number of ether oxygens (including phenoxy) is 1. The van der Waals surface area contributed by atoms with Gasteiger partial charge in [-0.25, -0.2) is 0 Å². The Labute approximate surface area is 105 Å². The maximum absolute atomic E-state index is 5.51. The summed E-state index contributed by atoms with van der Waals surface area (Å²) in [5.74, 6) is 0.910. The zero-order valence-corrected chi connectivity index (χ0v) is 10.5. The van der Waals surface area contributed by atoms with Crippen LogP contribution in [0.2, 0.25) is 0 Å². The van der Waals surface area contributed by atoms with E-state index in [0.29, 0.717) is 6.54 Å². The summed E-state index contributed by atoms with van der Waals surface area (Å²) >= 11 is 1.37. The van der Waals surface area contributed by atoms with Crippen LogP contribution in [0.3, 0.4) is 0 Å². The van der Waals surface area contributed by atoms with Crippen LogP contribution in [0.4, 0.5) is 5.69 Å². The predicted octanol–water partition coefficient (Wildman–Crippen LogP) is 2.94. The number of nitrogens with zero attached hydrogens (tertiary/aromatic N) is 2. The predicted molar refractivity (Wildman–Crippen MR) is 69.5 cm³/mol. The molecule has 2 rings (SSSR count). The normalized spacial score (nSPS) is 10.2. The highest BCUT2D eigenvalue weighted by Crippen LogP contribution is 2.16. The van der Waals surface area contributed by atoms with Crippen LogP contribution in [-0.2, 0) is 6.54 Å². The Bertz CT molecular complexity index is 428. The van der Waals surface area contributed by atoms with Crippen molar-refractivity contribution < 1.29 is 4.74 Å². The highest BCUT2D eigenvalue weighted by Gasteiger charge is 1.97. The first-order valence-corrected chi connectivity index (χ1v) is 6.45. The minimum atomic E-state index is 0.700. The van der Waals surface area contributed by atoms with E-state index < -0.39 is 0 Å². The number of rotatable bonds is 6. The van der Waals surface area contributed by atoms with Gasteiger partial charge >= 0.3 is 0 Å². The molecule has 0 bridgehead atoms. The fraction of sp³-hybridized carbons (Fsp3) is 0.333. The van der Waals surface area contributed by atoms with Gasteiger partial charge in [-0.2, -0.15) is 0 Å².